The van der Waals surface area contributed by atoms with Gasteiger partial charge >= 0.3 is 12.1 Å². The first-order chi connectivity index (χ1) is 13.0. The van der Waals surface area contributed by atoms with Crippen molar-refractivity contribution < 1.29 is 23.9 Å². The standard InChI is InChI=1S/C17H23N3O5S2/c1-4-24-12(21)9-20-15(22)13-10-6-7-19(17(23)25-5-2)8-11(10)27-14(13)18-16(20)26-3/h16,18H,4-9H2,1-3H3. The van der Waals surface area contributed by atoms with Crippen molar-refractivity contribution in [2.24, 2.45) is 0 Å². The van der Waals surface area contributed by atoms with Crippen LogP contribution in [0.1, 0.15) is 34.6 Å². The van der Waals surface area contributed by atoms with Crippen molar-refractivity contribution in [3.63, 3.8) is 0 Å². The summed E-state index contributed by atoms with van der Waals surface area (Å²) < 4.78 is 10.1. The molecule has 3 heterocycles. The average Bonchev–Trinajstić information content (AvgIpc) is 3.01. The molecule has 0 spiro atoms. The number of amides is 2. The average molecular weight is 414 g/mol. The Morgan fingerprint density at radius 1 is 1.30 bits per heavy atom. The SMILES string of the molecule is CCOC(=O)CN1C(=O)c2c(sc3c2CCN(C(=O)OCC)C3)NC1SC. The van der Waals surface area contributed by atoms with Crippen LogP contribution < -0.4 is 5.32 Å². The molecule has 148 valence electrons. The summed E-state index contributed by atoms with van der Waals surface area (Å²) in [7, 11) is 0. The van der Waals surface area contributed by atoms with Gasteiger partial charge in [-0.05, 0) is 32.1 Å². The van der Waals surface area contributed by atoms with E-state index in [0.717, 1.165) is 15.4 Å². The number of hydrogen-bond donors (Lipinski definition) is 1. The van der Waals surface area contributed by atoms with E-state index >= 15 is 0 Å². The van der Waals surface area contributed by atoms with Crippen molar-refractivity contribution in [1.82, 2.24) is 9.80 Å². The molecule has 1 aromatic heterocycles. The number of esters is 1. The molecule has 8 nitrogen and oxygen atoms in total. The molecular formula is C17H23N3O5S2. The second-order valence-electron chi connectivity index (χ2n) is 6.05. The molecule has 27 heavy (non-hydrogen) atoms. The topological polar surface area (TPSA) is 88.2 Å². The van der Waals surface area contributed by atoms with Gasteiger partial charge in [-0.3, -0.25) is 14.5 Å². The Hall–Kier alpha value is -1.94. The Morgan fingerprint density at radius 3 is 2.70 bits per heavy atom. The molecule has 2 aliphatic heterocycles. The van der Waals surface area contributed by atoms with Gasteiger partial charge in [-0.25, -0.2) is 4.79 Å². The van der Waals surface area contributed by atoms with Gasteiger partial charge < -0.3 is 19.7 Å². The number of fused-ring (bicyclic) bond motifs is 3. The van der Waals surface area contributed by atoms with Gasteiger partial charge in [0.1, 0.15) is 11.5 Å². The van der Waals surface area contributed by atoms with Crippen molar-refractivity contribution >= 4 is 46.1 Å². The highest BCUT2D eigenvalue weighted by Gasteiger charge is 2.39. The summed E-state index contributed by atoms with van der Waals surface area (Å²) in [6, 6.07) is 0. The second kappa shape index (κ2) is 8.39. The first-order valence-corrected chi connectivity index (χ1v) is 10.9. The lowest BCUT2D eigenvalue weighted by Crippen LogP contribution is -2.49. The van der Waals surface area contributed by atoms with E-state index in [2.05, 4.69) is 5.32 Å². The molecular weight excluding hydrogens is 390 g/mol. The quantitative estimate of drug-likeness (QED) is 0.741. The highest BCUT2D eigenvalue weighted by atomic mass is 32.2. The van der Waals surface area contributed by atoms with Gasteiger partial charge in [0.05, 0.1) is 25.3 Å². The van der Waals surface area contributed by atoms with Crippen LogP contribution in [0.5, 0.6) is 0 Å². The number of nitrogens with zero attached hydrogens (tertiary/aromatic N) is 2. The van der Waals surface area contributed by atoms with Gasteiger partial charge in [0.2, 0.25) is 0 Å². The number of carbonyl (C=O) groups excluding carboxylic acids is 3. The fourth-order valence-electron chi connectivity index (χ4n) is 3.23. The number of nitrogens with one attached hydrogen (secondary N) is 1. The first-order valence-electron chi connectivity index (χ1n) is 8.82. The van der Waals surface area contributed by atoms with E-state index in [-0.39, 0.29) is 30.6 Å². The lowest BCUT2D eigenvalue weighted by molar-refractivity contribution is -0.143. The van der Waals surface area contributed by atoms with E-state index in [0.29, 0.717) is 31.7 Å². The van der Waals surface area contributed by atoms with Crippen LogP contribution in [0.3, 0.4) is 0 Å². The fraction of sp³-hybridized carbons (Fsp3) is 0.588. The number of anilines is 1. The Kier molecular flexibility index (Phi) is 6.15. The minimum atomic E-state index is -0.423. The summed E-state index contributed by atoms with van der Waals surface area (Å²) in [5, 5.41) is 4.15. The van der Waals surface area contributed by atoms with Crippen LogP contribution in [0.4, 0.5) is 9.80 Å². The lowest BCUT2D eigenvalue weighted by atomic mass is 10.0. The third kappa shape index (κ3) is 3.86. The molecule has 0 radical (unpaired) electrons. The largest absolute Gasteiger partial charge is 0.465 e. The number of thiophene rings is 1. The molecule has 3 rings (SSSR count). The molecule has 1 atom stereocenters. The Labute approximate surface area is 166 Å². The summed E-state index contributed by atoms with van der Waals surface area (Å²) in [5.41, 5.74) is 1.24. The van der Waals surface area contributed by atoms with E-state index in [1.807, 2.05) is 6.26 Å². The van der Waals surface area contributed by atoms with Crippen LogP contribution >= 0.6 is 23.1 Å². The molecule has 2 aliphatic rings. The van der Waals surface area contributed by atoms with E-state index in [4.69, 9.17) is 9.47 Å². The molecule has 1 aromatic rings. The van der Waals surface area contributed by atoms with Crippen molar-refractivity contribution in [2.75, 3.05) is 37.9 Å². The first kappa shape index (κ1) is 19.8. The van der Waals surface area contributed by atoms with Gasteiger partial charge in [0.25, 0.3) is 5.91 Å². The van der Waals surface area contributed by atoms with Gasteiger partial charge in [-0.1, -0.05) is 0 Å². The number of rotatable bonds is 5. The van der Waals surface area contributed by atoms with Gasteiger partial charge in [0.15, 0.2) is 5.50 Å². The highest BCUT2D eigenvalue weighted by Crippen LogP contribution is 2.42. The zero-order valence-corrected chi connectivity index (χ0v) is 17.2. The van der Waals surface area contributed by atoms with Crippen molar-refractivity contribution in [1.29, 1.82) is 0 Å². The predicted molar refractivity (Wildman–Crippen MR) is 104 cm³/mol. The monoisotopic (exact) mass is 413 g/mol. The smallest absolute Gasteiger partial charge is 0.410 e. The predicted octanol–water partition coefficient (Wildman–Crippen LogP) is 2.34. The maximum Gasteiger partial charge on any atom is 0.410 e. The number of carbonyl (C=O) groups is 3. The molecule has 0 saturated heterocycles. The summed E-state index contributed by atoms with van der Waals surface area (Å²) >= 11 is 2.94. The Balaban J connectivity index is 1.85. The number of hydrogen-bond acceptors (Lipinski definition) is 8. The van der Waals surface area contributed by atoms with Crippen LogP contribution in [-0.4, -0.2) is 65.8 Å². The molecule has 0 bridgehead atoms. The molecule has 0 aliphatic carbocycles. The van der Waals surface area contributed by atoms with Crippen LogP contribution in [0, 0.1) is 0 Å². The molecule has 2 amide bonds. The summed E-state index contributed by atoms with van der Waals surface area (Å²) in [6.45, 7) is 4.98. The van der Waals surface area contributed by atoms with E-state index in [9.17, 15) is 14.4 Å². The normalized spacial score (nSPS) is 18.5. The highest BCUT2D eigenvalue weighted by molar-refractivity contribution is 7.99. The molecule has 1 N–H and O–H groups in total. The van der Waals surface area contributed by atoms with Gasteiger partial charge in [-0.15, -0.1) is 23.1 Å². The van der Waals surface area contributed by atoms with Crippen molar-refractivity contribution in [2.45, 2.75) is 32.3 Å². The Bertz CT molecular complexity index is 751. The molecule has 0 fully saturated rings. The number of ether oxygens (including phenoxy) is 2. The van der Waals surface area contributed by atoms with Gasteiger partial charge in [-0.2, -0.15) is 0 Å². The molecule has 1 unspecified atom stereocenters. The maximum absolute atomic E-state index is 13.1. The molecule has 0 aromatic carbocycles. The van der Waals surface area contributed by atoms with E-state index in [1.165, 1.54) is 28.0 Å². The minimum Gasteiger partial charge on any atom is -0.465 e. The maximum atomic E-state index is 13.1. The fourth-order valence-corrected chi connectivity index (χ4v) is 5.24. The van der Waals surface area contributed by atoms with E-state index < -0.39 is 5.97 Å². The van der Waals surface area contributed by atoms with Gasteiger partial charge in [0, 0.05) is 11.4 Å². The third-order valence-electron chi connectivity index (χ3n) is 4.42. The zero-order chi connectivity index (χ0) is 19.6. The molecule has 10 heteroatoms. The van der Waals surface area contributed by atoms with Crippen LogP contribution in [0.2, 0.25) is 0 Å². The van der Waals surface area contributed by atoms with Crippen LogP contribution in [0.15, 0.2) is 0 Å². The summed E-state index contributed by atoms with van der Waals surface area (Å²) in [4.78, 5) is 41.2. The number of thioether (sulfide) groups is 1. The second-order valence-corrected chi connectivity index (χ2v) is 8.07. The Morgan fingerprint density at radius 2 is 2.04 bits per heavy atom. The van der Waals surface area contributed by atoms with Crippen molar-refractivity contribution in [3.8, 4) is 0 Å². The van der Waals surface area contributed by atoms with E-state index in [1.54, 1.807) is 18.7 Å². The third-order valence-corrected chi connectivity index (χ3v) is 6.39. The molecule has 0 saturated carbocycles. The zero-order valence-electron chi connectivity index (χ0n) is 15.6. The lowest BCUT2D eigenvalue weighted by Gasteiger charge is -2.35. The van der Waals surface area contributed by atoms with Crippen LogP contribution in [0.25, 0.3) is 0 Å². The summed E-state index contributed by atoms with van der Waals surface area (Å²) in [5.74, 6) is -0.592. The minimum absolute atomic E-state index is 0.0931. The summed E-state index contributed by atoms with van der Waals surface area (Å²) in [6.07, 6.45) is 2.13. The van der Waals surface area contributed by atoms with Crippen LogP contribution in [-0.2, 0) is 27.2 Å². The van der Waals surface area contributed by atoms with Crippen molar-refractivity contribution in [3.05, 3.63) is 16.0 Å².